The van der Waals surface area contributed by atoms with Crippen LogP contribution in [0.2, 0.25) is 0 Å². The van der Waals surface area contributed by atoms with Crippen molar-refractivity contribution in [2.45, 2.75) is 39.7 Å². The van der Waals surface area contributed by atoms with E-state index >= 15 is 0 Å². The summed E-state index contributed by atoms with van der Waals surface area (Å²) >= 11 is 0. The third-order valence-corrected chi connectivity index (χ3v) is 5.17. The van der Waals surface area contributed by atoms with Crippen LogP contribution in [0.5, 0.6) is 11.5 Å². The van der Waals surface area contributed by atoms with Crippen molar-refractivity contribution in [2.75, 3.05) is 7.11 Å². The molecule has 0 fully saturated rings. The second-order valence-corrected chi connectivity index (χ2v) is 7.79. The highest BCUT2D eigenvalue weighted by molar-refractivity contribution is 5.82. The van der Waals surface area contributed by atoms with Crippen LogP contribution in [0.25, 0.3) is 0 Å². The highest BCUT2D eigenvalue weighted by atomic mass is 16.5. The SMILES string of the molecule is COc1ccc(CCCC(=O)N/N=C\c2ccc(OCc3cccc(C)c3)cc2)c(C)c1. The van der Waals surface area contributed by atoms with Gasteiger partial charge in [0.1, 0.15) is 18.1 Å². The lowest BCUT2D eigenvalue weighted by atomic mass is 10.0. The number of nitrogens with one attached hydrogen (secondary N) is 1. The molecule has 0 heterocycles. The Balaban J connectivity index is 1.39. The molecule has 5 heteroatoms. The maximum absolute atomic E-state index is 12.0. The van der Waals surface area contributed by atoms with Gasteiger partial charge in [-0.2, -0.15) is 5.10 Å². The Labute approximate surface area is 190 Å². The van der Waals surface area contributed by atoms with Crippen molar-refractivity contribution in [3.63, 3.8) is 0 Å². The summed E-state index contributed by atoms with van der Waals surface area (Å²) in [6.45, 7) is 4.65. The number of hydrogen-bond donors (Lipinski definition) is 1. The predicted octanol–water partition coefficient (Wildman–Crippen LogP) is 5.36. The van der Waals surface area contributed by atoms with E-state index in [1.807, 2.05) is 42.5 Å². The smallest absolute Gasteiger partial charge is 0.240 e. The molecule has 0 saturated carbocycles. The molecule has 3 aromatic rings. The van der Waals surface area contributed by atoms with Gasteiger partial charge in [0.15, 0.2) is 0 Å². The van der Waals surface area contributed by atoms with Gasteiger partial charge >= 0.3 is 0 Å². The van der Waals surface area contributed by atoms with Crippen LogP contribution in [0.4, 0.5) is 0 Å². The van der Waals surface area contributed by atoms with Crippen molar-refractivity contribution < 1.29 is 14.3 Å². The van der Waals surface area contributed by atoms with Crippen LogP contribution in [0.15, 0.2) is 71.8 Å². The van der Waals surface area contributed by atoms with Gasteiger partial charge in [-0.05, 0) is 85.3 Å². The number of carbonyl (C=O) groups is 1. The molecular formula is C27H30N2O3. The van der Waals surface area contributed by atoms with Crippen molar-refractivity contribution in [1.82, 2.24) is 5.43 Å². The van der Waals surface area contributed by atoms with Crippen LogP contribution < -0.4 is 14.9 Å². The Morgan fingerprint density at radius 2 is 1.78 bits per heavy atom. The summed E-state index contributed by atoms with van der Waals surface area (Å²) in [7, 11) is 1.66. The average molecular weight is 431 g/mol. The van der Waals surface area contributed by atoms with Gasteiger partial charge in [-0.3, -0.25) is 4.79 Å². The van der Waals surface area contributed by atoms with Crippen molar-refractivity contribution in [1.29, 1.82) is 0 Å². The van der Waals surface area contributed by atoms with Gasteiger partial charge in [0, 0.05) is 6.42 Å². The zero-order chi connectivity index (χ0) is 22.8. The van der Waals surface area contributed by atoms with Crippen LogP contribution in [0.3, 0.4) is 0 Å². The van der Waals surface area contributed by atoms with Gasteiger partial charge in [-0.25, -0.2) is 5.43 Å². The second-order valence-electron chi connectivity index (χ2n) is 7.79. The van der Waals surface area contributed by atoms with Crippen molar-refractivity contribution in [2.24, 2.45) is 5.10 Å². The van der Waals surface area contributed by atoms with E-state index in [1.54, 1.807) is 13.3 Å². The number of carbonyl (C=O) groups excluding carboxylic acids is 1. The minimum absolute atomic E-state index is 0.0921. The standard InChI is InChI=1S/C27H30N2O3/c1-20-6-4-7-23(16-20)19-32-25-13-10-22(11-14-25)18-28-29-27(30)9-5-8-24-12-15-26(31-3)17-21(24)2/h4,6-7,10-18H,5,8-9,19H2,1-3H3,(H,29,30)/b28-18-. The molecular weight excluding hydrogens is 400 g/mol. The highest BCUT2D eigenvalue weighted by Crippen LogP contribution is 2.18. The van der Waals surface area contributed by atoms with Gasteiger partial charge in [-0.1, -0.05) is 35.9 Å². The predicted molar refractivity (Wildman–Crippen MR) is 128 cm³/mol. The molecule has 0 aromatic heterocycles. The Hall–Kier alpha value is -3.60. The van der Waals surface area contributed by atoms with E-state index in [2.05, 4.69) is 48.6 Å². The first-order chi connectivity index (χ1) is 15.5. The Bertz CT molecular complexity index is 1060. The molecule has 3 aromatic carbocycles. The number of nitrogens with zero attached hydrogens (tertiary/aromatic N) is 1. The first kappa shape index (κ1) is 23.1. The molecule has 0 bridgehead atoms. The second kappa shape index (κ2) is 11.7. The van der Waals surface area contributed by atoms with E-state index in [-0.39, 0.29) is 5.91 Å². The molecule has 0 atom stereocenters. The van der Waals surface area contributed by atoms with Crippen molar-refractivity contribution in [3.05, 3.63) is 94.5 Å². The molecule has 32 heavy (non-hydrogen) atoms. The third kappa shape index (κ3) is 7.27. The number of rotatable bonds is 10. The van der Waals surface area contributed by atoms with E-state index in [9.17, 15) is 4.79 Å². The molecule has 1 amide bonds. The maximum Gasteiger partial charge on any atom is 0.240 e. The van der Waals surface area contributed by atoms with E-state index in [0.29, 0.717) is 13.0 Å². The lowest BCUT2D eigenvalue weighted by Gasteiger charge is -2.08. The number of hydrogen-bond acceptors (Lipinski definition) is 4. The average Bonchev–Trinajstić information content (AvgIpc) is 2.79. The van der Waals surface area contributed by atoms with Gasteiger partial charge < -0.3 is 9.47 Å². The summed E-state index contributed by atoms with van der Waals surface area (Å²) in [6.07, 6.45) is 3.67. The van der Waals surface area contributed by atoms with Crippen LogP contribution in [-0.4, -0.2) is 19.2 Å². The lowest BCUT2D eigenvalue weighted by molar-refractivity contribution is -0.121. The number of methoxy groups -OCH3 is 1. The maximum atomic E-state index is 12.0. The first-order valence-corrected chi connectivity index (χ1v) is 10.8. The Morgan fingerprint density at radius 1 is 1.00 bits per heavy atom. The summed E-state index contributed by atoms with van der Waals surface area (Å²) < 4.78 is 11.1. The zero-order valence-corrected chi connectivity index (χ0v) is 18.9. The molecule has 0 unspecified atom stereocenters. The Kier molecular flexibility index (Phi) is 8.44. The molecule has 3 rings (SSSR count). The fraction of sp³-hybridized carbons (Fsp3) is 0.259. The third-order valence-electron chi connectivity index (χ3n) is 5.17. The number of aryl methyl sites for hydroxylation is 3. The summed E-state index contributed by atoms with van der Waals surface area (Å²) in [5.41, 5.74) is 8.25. The molecule has 5 nitrogen and oxygen atoms in total. The van der Waals surface area contributed by atoms with Gasteiger partial charge in [0.05, 0.1) is 13.3 Å². The normalized spacial score (nSPS) is 10.8. The van der Waals surface area contributed by atoms with E-state index in [0.717, 1.165) is 35.5 Å². The minimum atomic E-state index is -0.0921. The fourth-order valence-corrected chi connectivity index (χ4v) is 3.37. The first-order valence-electron chi connectivity index (χ1n) is 10.8. The Morgan fingerprint density at radius 3 is 2.50 bits per heavy atom. The lowest BCUT2D eigenvalue weighted by Crippen LogP contribution is -2.17. The zero-order valence-electron chi connectivity index (χ0n) is 18.9. The number of amides is 1. The number of ether oxygens (including phenoxy) is 2. The summed E-state index contributed by atoms with van der Waals surface area (Å²) in [5.74, 6) is 1.55. The van der Waals surface area contributed by atoms with Crippen LogP contribution in [-0.2, 0) is 17.8 Å². The molecule has 0 radical (unpaired) electrons. The molecule has 0 spiro atoms. The minimum Gasteiger partial charge on any atom is -0.497 e. The van der Waals surface area contributed by atoms with Crippen molar-refractivity contribution in [3.8, 4) is 11.5 Å². The van der Waals surface area contributed by atoms with Crippen molar-refractivity contribution >= 4 is 12.1 Å². The summed E-state index contributed by atoms with van der Waals surface area (Å²) in [4.78, 5) is 12.0. The summed E-state index contributed by atoms with van der Waals surface area (Å²) in [6, 6.07) is 21.9. The summed E-state index contributed by atoms with van der Waals surface area (Å²) in [5, 5.41) is 4.06. The molecule has 166 valence electrons. The van der Waals surface area contributed by atoms with Gasteiger partial charge in [0.25, 0.3) is 0 Å². The van der Waals surface area contributed by atoms with Crippen LogP contribution in [0.1, 0.15) is 40.7 Å². The quantitative estimate of drug-likeness (QED) is 0.348. The molecule has 0 aliphatic heterocycles. The highest BCUT2D eigenvalue weighted by Gasteiger charge is 2.04. The van der Waals surface area contributed by atoms with E-state index < -0.39 is 0 Å². The van der Waals surface area contributed by atoms with Gasteiger partial charge in [-0.15, -0.1) is 0 Å². The van der Waals surface area contributed by atoms with E-state index in [4.69, 9.17) is 9.47 Å². The molecule has 0 aliphatic carbocycles. The molecule has 0 saturated heterocycles. The fourth-order valence-electron chi connectivity index (χ4n) is 3.37. The topological polar surface area (TPSA) is 59.9 Å². The van der Waals surface area contributed by atoms with Crippen LogP contribution >= 0.6 is 0 Å². The van der Waals surface area contributed by atoms with Crippen LogP contribution in [0, 0.1) is 13.8 Å². The van der Waals surface area contributed by atoms with Gasteiger partial charge in [0.2, 0.25) is 5.91 Å². The number of benzene rings is 3. The van der Waals surface area contributed by atoms with E-state index in [1.165, 1.54) is 16.7 Å². The monoisotopic (exact) mass is 430 g/mol. The largest absolute Gasteiger partial charge is 0.497 e. The molecule has 0 aliphatic rings. The number of hydrazone groups is 1. The molecule has 1 N–H and O–H groups in total.